The van der Waals surface area contributed by atoms with Crippen LogP contribution in [0.3, 0.4) is 0 Å². The number of aromatic amines is 1. The number of hydrogen-bond acceptors (Lipinski definition) is 2. The third kappa shape index (κ3) is 2.64. The van der Waals surface area contributed by atoms with Crippen LogP contribution in [0.2, 0.25) is 0 Å². The average Bonchev–Trinajstić information content (AvgIpc) is 2.80. The molecule has 0 saturated carbocycles. The van der Waals surface area contributed by atoms with Gasteiger partial charge in [0.2, 0.25) is 0 Å². The maximum Gasteiger partial charge on any atom is 0.0728 e. The fourth-order valence-electron chi connectivity index (χ4n) is 1.65. The Balaban J connectivity index is 2.13. The molecule has 0 spiro atoms. The summed E-state index contributed by atoms with van der Waals surface area (Å²) in [6, 6.07) is 8.71. The van der Waals surface area contributed by atoms with Crippen LogP contribution in [-0.4, -0.2) is 10.2 Å². The fourth-order valence-corrected chi connectivity index (χ4v) is 1.91. The number of aromatic nitrogens is 2. The number of benzene rings is 1. The van der Waals surface area contributed by atoms with Crippen LogP contribution >= 0.6 is 15.9 Å². The van der Waals surface area contributed by atoms with Gasteiger partial charge in [-0.05, 0) is 24.1 Å². The molecule has 1 atom stereocenters. The monoisotopic (exact) mass is 279 g/mol. The van der Waals surface area contributed by atoms with Gasteiger partial charge in [-0.15, -0.1) is 0 Å². The number of anilines is 1. The van der Waals surface area contributed by atoms with Crippen molar-refractivity contribution < 1.29 is 0 Å². The molecule has 0 aliphatic rings. The van der Waals surface area contributed by atoms with E-state index in [2.05, 4.69) is 62.6 Å². The van der Waals surface area contributed by atoms with Crippen molar-refractivity contribution in [2.75, 3.05) is 5.32 Å². The van der Waals surface area contributed by atoms with Gasteiger partial charge in [0.1, 0.15) is 0 Å². The quantitative estimate of drug-likeness (QED) is 0.895. The molecular weight excluding hydrogens is 266 g/mol. The van der Waals surface area contributed by atoms with Gasteiger partial charge in [-0.3, -0.25) is 5.10 Å². The molecule has 2 aromatic rings. The highest BCUT2D eigenvalue weighted by atomic mass is 79.9. The molecule has 1 heterocycles. The number of halogens is 1. The number of hydrogen-bond donors (Lipinski definition) is 2. The Morgan fingerprint density at radius 3 is 2.69 bits per heavy atom. The summed E-state index contributed by atoms with van der Waals surface area (Å²) >= 11 is 3.44. The van der Waals surface area contributed by atoms with Crippen molar-refractivity contribution in [1.29, 1.82) is 0 Å². The lowest BCUT2D eigenvalue weighted by molar-refractivity contribution is 0.749. The highest BCUT2D eigenvalue weighted by Crippen LogP contribution is 2.23. The molecule has 0 aliphatic heterocycles. The first-order valence-corrected chi connectivity index (χ1v) is 6.09. The molecule has 0 saturated heterocycles. The zero-order valence-corrected chi connectivity index (χ0v) is 10.7. The summed E-state index contributed by atoms with van der Waals surface area (Å²) in [4.78, 5) is 0. The smallest absolute Gasteiger partial charge is 0.0728 e. The van der Waals surface area contributed by atoms with Gasteiger partial charge in [0.25, 0.3) is 0 Å². The predicted octanol–water partition coefficient (Wildman–Crippen LogP) is 3.74. The van der Waals surface area contributed by atoms with E-state index in [1.807, 2.05) is 6.20 Å². The van der Waals surface area contributed by atoms with E-state index >= 15 is 0 Å². The Hall–Kier alpha value is -1.29. The van der Waals surface area contributed by atoms with Crippen molar-refractivity contribution >= 4 is 21.6 Å². The third-order valence-electron chi connectivity index (χ3n) is 2.52. The van der Waals surface area contributed by atoms with Gasteiger partial charge in [0.15, 0.2) is 0 Å². The topological polar surface area (TPSA) is 40.7 Å². The molecule has 0 fully saturated rings. The molecule has 3 nitrogen and oxygen atoms in total. The third-order valence-corrected chi connectivity index (χ3v) is 3.05. The highest BCUT2D eigenvalue weighted by Gasteiger charge is 2.08. The fraction of sp³-hybridized carbons (Fsp3) is 0.250. The molecule has 1 aromatic carbocycles. The number of nitrogens with one attached hydrogen (secondary N) is 2. The minimum Gasteiger partial charge on any atom is -0.376 e. The summed E-state index contributed by atoms with van der Waals surface area (Å²) in [6.45, 7) is 2.17. The Bertz CT molecular complexity index is 422. The molecule has 0 amide bonds. The van der Waals surface area contributed by atoms with E-state index in [1.165, 1.54) is 5.56 Å². The molecule has 16 heavy (non-hydrogen) atoms. The van der Waals surface area contributed by atoms with Crippen LogP contribution in [0.1, 0.15) is 24.9 Å². The van der Waals surface area contributed by atoms with Crippen LogP contribution in [0, 0.1) is 0 Å². The van der Waals surface area contributed by atoms with Crippen LogP contribution in [0.15, 0.2) is 41.1 Å². The molecule has 0 radical (unpaired) electrons. The van der Waals surface area contributed by atoms with Crippen LogP contribution in [0.5, 0.6) is 0 Å². The lowest BCUT2D eigenvalue weighted by Gasteiger charge is -2.17. The van der Waals surface area contributed by atoms with Crippen molar-refractivity contribution in [2.45, 2.75) is 19.4 Å². The van der Waals surface area contributed by atoms with Crippen molar-refractivity contribution in [2.24, 2.45) is 0 Å². The van der Waals surface area contributed by atoms with Gasteiger partial charge in [-0.2, -0.15) is 5.10 Å². The van der Waals surface area contributed by atoms with E-state index in [9.17, 15) is 0 Å². The molecule has 0 bridgehead atoms. The lowest BCUT2D eigenvalue weighted by Crippen LogP contribution is -2.08. The van der Waals surface area contributed by atoms with Crippen molar-refractivity contribution in [3.8, 4) is 0 Å². The van der Waals surface area contributed by atoms with Crippen LogP contribution in [-0.2, 0) is 0 Å². The Kier molecular flexibility index (Phi) is 3.62. The zero-order valence-electron chi connectivity index (χ0n) is 9.07. The van der Waals surface area contributed by atoms with Gasteiger partial charge >= 0.3 is 0 Å². The summed E-state index contributed by atoms with van der Waals surface area (Å²) in [7, 11) is 0. The molecule has 4 heteroatoms. The van der Waals surface area contributed by atoms with E-state index in [0.29, 0.717) is 6.04 Å². The second-order valence-corrected chi connectivity index (χ2v) is 4.56. The summed E-state index contributed by atoms with van der Waals surface area (Å²) < 4.78 is 1.11. The largest absolute Gasteiger partial charge is 0.376 e. The van der Waals surface area contributed by atoms with E-state index in [-0.39, 0.29) is 0 Å². The van der Waals surface area contributed by atoms with E-state index in [1.54, 1.807) is 6.20 Å². The molecule has 1 unspecified atom stereocenters. The van der Waals surface area contributed by atoms with Gasteiger partial charge < -0.3 is 5.32 Å². The summed E-state index contributed by atoms with van der Waals surface area (Å²) in [5.74, 6) is 0. The van der Waals surface area contributed by atoms with Gasteiger partial charge in [0, 0.05) is 10.7 Å². The van der Waals surface area contributed by atoms with E-state index in [4.69, 9.17) is 0 Å². The molecule has 84 valence electrons. The van der Waals surface area contributed by atoms with Crippen molar-refractivity contribution in [3.05, 3.63) is 46.7 Å². The molecule has 1 aromatic heterocycles. The Labute approximate surface area is 103 Å². The average molecular weight is 280 g/mol. The summed E-state index contributed by atoms with van der Waals surface area (Å²) in [5.41, 5.74) is 2.31. The number of H-pyrrole nitrogens is 1. The Morgan fingerprint density at radius 1 is 1.38 bits per heavy atom. The Morgan fingerprint density at radius 2 is 2.12 bits per heavy atom. The first-order valence-electron chi connectivity index (χ1n) is 5.30. The SMILES string of the molecule is CCC(Nc1cn[nH]c1)c1ccc(Br)cc1. The lowest BCUT2D eigenvalue weighted by atomic mass is 10.0. The van der Waals surface area contributed by atoms with Crippen LogP contribution < -0.4 is 5.32 Å². The second kappa shape index (κ2) is 5.16. The normalized spacial score (nSPS) is 12.4. The first-order chi connectivity index (χ1) is 7.79. The van der Waals surface area contributed by atoms with Gasteiger partial charge in [0.05, 0.1) is 17.9 Å². The molecule has 0 aliphatic carbocycles. The van der Waals surface area contributed by atoms with Gasteiger partial charge in [-0.1, -0.05) is 35.0 Å². The number of rotatable bonds is 4. The van der Waals surface area contributed by atoms with E-state index in [0.717, 1.165) is 16.6 Å². The second-order valence-electron chi connectivity index (χ2n) is 3.64. The van der Waals surface area contributed by atoms with Crippen molar-refractivity contribution in [3.63, 3.8) is 0 Å². The zero-order chi connectivity index (χ0) is 11.4. The van der Waals surface area contributed by atoms with Gasteiger partial charge in [-0.25, -0.2) is 0 Å². The first kappa shape index (κ1) is 11.2. The summed E-state index contributed by atoms with van der Waals surface area (Å²) in [5, 5.41) is 10.2. The standard InChI is InChI=1S/C12H14BrN3/c1-2-12(16-11-7-14-15-8-11)9-3-5-10(13)6-4-9/h3-8,12,16H,2H2,1H3,(H,14,15). The maximum atomic E-state index is 3.92. The molecule has 2 rings (SSSR count). The van der Waals surface area contributed by atoms with Crippen molar-refractivity contribution in [1.82, 2.24) is 10.2 Å². The highest BCUT2D eigenvalue weighted by molar-refractivity contribution is 9.10. The number of nitrogens with zero attached hydrogens (tertiary/aromatic N) is 1. The minimum atomic E-state index is 0.325. The minimum absolute atomic E-state index is 0.325. The van der Waals surface area contributed by atoms with Crippen LogP contribution in [0.25, 0.3) is 0 Å². The van der Waals surface area contributed by atoms with Crippen LogP contribution in [0.4, 0.5) is 5.69 Å². The molecular formula is C12H14BrN3. The maximum absolute atomic E-state index is 3.92. The van der Waals surface area contributed by atoms with E-state index < -0.39 is 0 Å². The predicted molar refractivity (Wildman–Crippen MR) is 69.4 cm³/mol. The molecule has 2 N–H and O–H groups in total. The summed E-state index contributed by atoms with van der Waals surface area (Å²) in [6.07, 6.45) is 4.69.